The first-order valence-corrected chi connectivity index (χ1v) is 7.13. The van der Waals surface area contributed by atoms with Crippen LogP contribution in [0.3, 0.4) is 0 Å². The Morgan fingerprint density at radius 1 is 1.52 bits per heavy atom. The van der Waals surface area contributed by atoms with Crippen molar-refractivity contribution < 1.29 is 9.18 Å². The van der Waals surface area contributed by atoms with Crippen LogP contribution in [-0.2, 0) is 13.0 Å². The van der Waals surface area contributed by atoms with Crippen LogP contribution in [0.15, 0.2) is 18.1 Å². The molecule has 116 valence electrons. The Balaban J connectivity index is 0.00000161. The number of nitrogens with two attached hydrogens (primary N) is 1. The fourth-order valence-electron chi connectivity index (χ4n) is 2.95. The van der Waals surface area contributed by atoms with Crippen LogP contribution >= 0.6 is 12.4 Å². The molecule has 2 N–H and O–H groups in total. The molecule has 1 aromatic heterocycles. The van der Waals surface area contributed by atoms with Crippen LogP contribution < -0.4 is 5.73 Å². The molecule has 0 aromatic carbocycles. The molecule has 0 radical (unpaired) electrons. The highest BCUT2D eigenvalue weighted by molar-refractivity contribution is 5.97. The van der Waals surface area contributed by atoms with Gasteiger partial charge in [0.1, 0.15) is 0 Å². The van der Waals surface area contributed by atoms with Crippen molar-refractivity contribution in [1.82, 2.24) is 9.47 Å². The monoisotopic (exact) mass is 313 g/mol. The van der Waals surface area contributed by atoms with E-state index in [1.54, 1.807) is 0 Å². The average molecular weight is 314 g/mol. The van der Waals surface area contributed by atoms with E-state index in [0.29, 0.717) is 24.5 Å². The number of hydrogen-bond acceptors (Lipinski definition) is 2. The lowest BCUT2D eigenvalue weighted by atomic mass is 10.0. The number of nitrogens with zero attached hydrogens (tertiary/aromatic N) is 2. The van der Waals surface area contributed by atoms with Crippen molar-refractivity contribution in [3.05, 3.63) is 34.9 Å². The molecule has 0 unspecified atom stereocenters. The van der Waals surface area contributed by atoms with Gasteiger partial charge in [-0.1, -0.05) is 0 Å². The van der Waals surface area contributed by atoms with Crippen LogP contribution in [0.25, 0.3) is 0 Å². The van der Waals surface area contributed by atoms with Crippen LogP contribution in [0, 0.1) is 6.92 Å². The van der Waals surface area contributed by atoms with E-state index in [1.165, 1.54) is 0 Å². The molecule has 2 heterocycles. The Morgan fingerprint density at radius 3 is 2.81 bits per heavy atom. The Kier molecular flexibility index (Phi) is 4.74. The molecule has 21 heavy (non-hydrogen) atoms. The summed E-state index contributed by atoms with van der Waals surface area (Å²) in [6.45, 7) is 3.42. The van der Waals surface area contributed by atoms with Crippen molar-refractivity contribution in [1.29, 1.82) is 0 Å². The highest BCUT2D eigenvalue weighted by Gasteiger charge is 2.37. The van der Waals surface area contributed by atoms with Gasteiger partial charge in [0, 0.05) is 37.6 Å². The molecule has 1 aliphatic heterocycles. The molecule has 0 bridgehead atoms. The van der Waals surface area contributed by atoms with E-state index in [-0.39, 0.29) is 24.9 Å². The Labute approximate surface area is 130 Å². The second-order valence-corrected chi connectivity index (χ2v) is 5.69. The summed E-state index contributed by atoms with van der Waals surface area (Å²) in [5.74, 6) is 0.133. The number of carbonyl (C=O) groups excluding carboxylic acids is 1. The van der Waals surface area contributed by atoms with Crippen molar-refractivity contribution >= 4 is 18.3 Å². The zero-order valence-corrected chi connectivity index (χ0v) is 13.0. The van der Waals surface area contributed by atoms with Gasteiger partial charge in [0.05, 0.1) is 11.9 Å². The van der Waals surface area contributed by atoms with E-state index in [4.69, 9.17) is 5.73 Å². The molecule has 0 atom stereocenters. The fourth-order valence-corrected chi connectivity index (χ4v) is 2.95. The smallest absolute Gasteiger partial charge is 0.255 e. The third-order valence-corrected chi connectivity index (χ3v) is 4.35. The van der Waals surface area contributed by atoms with Crippen molar-refractivity contribution in [3.8, 4) is 0 Å². The summed E-state index contributed by atoms with van der Waals surface area (Å²) >= 11 is 0. The van der Waals surface area contributed by atoms with Gasteiger partial charge in [-0.15, -0.1) is 12.4 Å². The second kappa shape index (κ2) is 6.20. The highest BCUT2D eigenvalue weighted by Crippen LogP contribution is 2.33. The molecule has 0 saturated heterocycles. The Morgan fingerprint density at radius 2 is 2.24 bits per heavy atom. The molecular formula is C15H21ClFN3O. The average Bonchev–Trinajstić information content (AvgIpc) is 3.24. The van der Waals surface area contributed by atoms with Gasteiger partial charge >= 0.3 is 0 Å². The molecule has 2 aliphatic rings. The van der Waals surface area contributed by atoms with Crippen molar-refractivity contribution in [2.75, 3.05) is 13.1 Å². The largest absolute Gasteiger partial charge is 0.346 e. The van der Waals surface area contributed by atoms with Crippen LogP contribution in [0.2, 0.25) is 0 Å². The van der Waals surface area contributed by atoms with E-state index in [9.17, 15) is 9.18 Å². The maximum absolute atomic E-state index is 12.7. The van der Waals surface area contributed by atoms with Gasteiger partial charge in [-0.25, -0.2) is 4.39 Å². The predicted octanol–water partition coefficient (Wildman–Crippen LogP) is 2.19. The van der Waals surface area contributed by atoms with Crippen LogP contribution in [0.5, 0.6) is 0 Å². The number of aromatic nitrogens is 1. The summed E-state index contributed by atoms with van der Waals surface area (Å²) in [4.78, 5) is 14.5. The third-order valence-electron chi connectivity index (χ3n) is 4.35. The summed E-state index contributed by atoms with van der Waals surface area (Å²) < 4.78 is 14.6. The topological polar surface area (TPSA) is 51.3 Å². The van der Waals surface area contributed by atoms with E-state index < -0.39 is 0 Å². The predicted molar refractivity (Wildman–Crippen MR) is 82.4 cm³/mol. The fraction of sp³-hybridized carbons (Fsp3) is 0.533. The normalized spacial score (nSPS) is 18.5. The second-order valence-electron chi connectivity index (χ2n) is 5.69. The number of fused-ring (bicyclic) bond motifs is 1. The summed E-state index contributed by atoms with van der Waals surface area (Å²) in [6.07, 6.45) is 5.58. The molecule has 1 aromatic rings. The molecule has 1 fully saturated rings. The molecule has 1 saturated carbocycles. The van der Waals surface area contributed by atoms with Gasteiger partial charge in [-0.3, -0.25) is 4.79 Å². The van der Waals surface area contributed by atoms with Crippen molar-refractivity contribution in [2.45, 2.75) is 38.8 Å². The first-order valence-electron chi connectivity index (χ1n) is 7.13. The minimum absolute atomic E-state index is 0. The number of carbonyl (C=O) groups is 1. The SMILES string of the molecule is Cc1c2c(cn1C/C(=C/F)CN)C(=O)N(C1CC1)CC2.Cl. The van der Waals surface area contributed by atoms with Gasteiger partial charge in [0.25, 0.3) is 5.91 Å². The molecular weight excluding hydrogens is 293 g/mol. The molecule has 0 spiro atoms. The van der Waals surface area contributed by atoms with Crippen LogP contribution in [0.1, 0.15) is 34.5 Å². The van der Waals surface area contributed by atoms with Crippen molar-refractivity contribution in [3.63, 3.8) is 0 Å². The maximum atomic E-state index is 12.7. The summed E-state index contributed by atoms with van der Waals surface area (Å²) in [5.41, 5.74) is 8.99. The van der Waals surface area contributed by atoms with Crippen LogP contribution in [-0.4, -0.2) is 34.5 Å². The first kappa shape index (κ1) is 16.0. The summed E-state index contributed by atoms with van der Waals surface area (Å²) in [6, 6.07) is 0.449. The zero-order chi connectivity index (χ0) is 14.3. The van der Waals surface area contributed by atoms with E-state index in [0.717, 1.165) is 42.6 Å². The van der Waals surface area contributed by atoms with E-state index in [2.05, 4.69) is 0 Å². The van der Waals surface area contributed by atoms with Crippen molar-refractivity contribution in [2.24, 2.45) is 5.73 Å². The minimum atomic E-state index is 0. The third kappa shape index (κ3) is 2.85. The molecule has 1 amide bonds. The quantitative estimate of drug-likeness (QED) is 0.926. The van der Waals surface area contributed by atoms with E-state index in [1.807, 2.05) is 22.6 Å². The number of rotatable bonds is 4. The Bertz CT molecular complexity index is 578. The number of amides is 1. The van der Waals surface area contributed by atoms with Gasteiger partial charge in [-0.2, -0.15) is 0 Å². The highest BCUT2D eigenvalue weighted by atomic mass is 35.5. The molecule has 4 nitrogen and oxygen atoms in total. The van der Waals surface area contributed by atoms with Crippen LogP contribution in [0.4, 0.5) is 4.39 Å². The minimum Gasteiger partial charge on any atom is -0.346 e. The van der Waals surface area contributed by atoms with Gasteiger partial charge in [0.15, 0.2) is 0 Å². The number of halogens is 2. The van der Waals surface area contributed by atoms with Gasteiger partial charge in [-0.05, 0) is 37.3 Å². The molecule has 3 rings (SSSR count). The maximum Gasteiger partial charge on any atom is 0.255 e. The Hall–Kier alpha value is -1.33. The standard InChI is InChI=1S/C15H20FN3O.ClH/c1-10-13-4-5-19(12-2-3-12)15(20)14(13)9-18(10)8-11(6-16)7-17;/h6,9,12H,2-5,7-8,17H2,1H3;1H/b11-6+;. The first-order chi connectivity index (χ1) is 9.65. The lowest BCUT2D eigenvalue weighted by molar-refractivity contribution is 0.0727. The lowest BCUT2D eigenvalue weighted by Gasteiger charge is -2.27. The molecule has 1 aliphatic carbocycles. The zero-order valence-electron chi connectivity index (χ0n) is 12.1. The van der Waals surface area contributed by atoms with Gasteiger partial charge in [0.2, 0.25) is 0 Å². The van der Waals surface area contributed by atoms with E-state index >= 15 is 0 Å². The molecule has 6 heteroatoms. The number of hydrogen-bond donors (Lipinski definition) is 1. The lowest BCUT2D eigenvalue weighted by Crippen LogP contribution is -2.38. The summed E-state index contributed by atoms with van der Waals surface area (Å²) in [7, 11) is 0. The van der Waals surface area contributed by atoms with Gasteiger partial charge < -0.3 is 15.2 Å². The summed E-state index contributed by atoms with van der Waals surface area (Å²) in [5, 5.41) is 0.